The van der Waals surface area contributed by atoms with Gasteiger partial charge in [-0.15, -0.1) is 0 Å². The van der Waals surface area contributed by atoms with E-state index in [0.717, 1.165) is 13.1 Å². The van der Waals surface area contributed by atoms with Crippen molar-refractivity contribution in [3.8, 4) is 0 Å². The molecule has 7 nitrogen and oxygen atoms in total. The van der Waals surface area contributed by atoms with E-state index in [1.54, 1.807) is 27.7 Å². The third-order valence-electron chi connectivity index (χ3n) is 4.61. The molecule has 1 aromatic heterocycles. The quantitative estimate of drug-likeness (QED) is 0.817. The summed E-state index contributed by atoms with van der Waals surface area (Å²) in [5.41, 5.74) is -0.687. The number of amides is 2. The van der Waals surface area contributed by atoms with Gasteiger partial charge >= 0.3 is 0 Å². The minimum atomic E-state index is -0.687. The molecule has 7 heteroatoms. The Labute approximate surface area is 137 Å². The molecule has 2 amide bonds. The minimum absolute atomic E-state index is 0.0181. The van der Waals surface area contributed by atoms with E-state index in [4.69, 9.17) is 0 Å². The Hall–Kier alpha value is -1.89. The zero-order chi connectivity index (χ0) is 16.9. The van der Waals surface area contributed by atoms with Crippen LogP contribution in [0.4, 0.5) is 0 Å². The summed E-state index contributed by atoms with van der Waals surface area (Å²) in [6.07, 6.45) is 4.88. The summed E-state index contributed by atoms with van der Waals surface area (Å²) in [4.78, 5) is 28.7. The van der Waals surface area contributed by atoms with Gasteiger partial charge in [0.15, 0.2) is 0 Å². The van der Waals surface area contributed by atoms with Crippen LogP contribution in [0.15, 0.2) is 18.5 Å². The summed E-state index contributed by atoms with van der Waals surface area (Å²) < 4.78 is 1.76. The van der Waals surface area contributed by atoms with Crippen molar-refractivity contribution in [3.05, 3.63) is 18.5 Å². The van der Waals surface area contributed by atoms with Gasteiger partial charge in [0.25, 0.3) is 5.91 Å². The van der Waals surface area contributed by atoms with Crippen LogP contribution < -0.4 is 5.32 Å². The second-order valence-corrected chi connectivity index (χ2v) is 5.96. The molecule has 0 saturated carbocycles. The van der Waals surface area contributed by atoms with Gasteiger partial charge in [0.2, 0.25) is 5.91 Å². The highest BCUT2D eigenvalue weighted by Crippen LogP contribution is 2.29. The molecular weight excluding hydrogens is 294 g/mol. The maximum Gasteiger partial charge on any atom is 0.250 e. The smallest absolute Gasteiger partial charge is 0.250 e. The SMILES string of the molecule is CCN(CC)C(=O)CN(C)C(=O)C1(n2cccn2)CCNCC1. The van der Waals surface area contributed by atoms with Crippen LogP contribution in [0.1, 0.15) is 26.7 Å². The third-order valence-corrected chi connectivity index (χ3v) is 4.61. The Bertz CT molecular complexity index is 519. The number of likely N-dealkylation sites (N-methyl/N-ethyl adjacent to an activating group) is 2. The van der Waals surface area contributed by atoms with Gasteiger partial charge in [-0.25, -0.2) is 0 Å². The standard InChI is InChI=1S/C16H27N5O2/c1-4-20(5-2)14(22)13-19(3)15(23)16(7-10-17-11-8-16)21-12-6-9-18-21/h6,9,12,17H,4-5,7-8,10-11,13H2,1-3H3. The van der Waals surface area contributed by atoms with Crippen LogP contribution in [0.3, 0.4) is 0 Å². The Balaban J connectivity index is 2.16. The number of carbonyl (C=O) groups excluding carboxylic acids is 2. The molecule has 1 fully saturated rings. The van der Waals surface area contributed by atoms with Crippen molar-refractivity contribution in [1.82, 2.24) is 24.9 Å². The summed E-state index contributed by atoms with van der Waals surface area (Å²) in [7, 11) is 1.71. The molecule has 0 radical (unpaired) electrons. The second kappa shape index (κ2) is 7.59. The molecule has 1 aliphatic heterocycles. The van der Waals surface area contributed by atoms with Gasteiger partial charge in [0.1, 0.15) is 5.54 Å². The van der Waals surface area contributed by atoms with Crippen molar-refractivity contribution >= 4 is 11.8 Å². The molecule has 2 rings (SSSR count). The van der Waals surface area contributed by atoms with E-state index < -0.39 is 5.54 Å². The number of hydrogen-bond acceptors (Lipinski definition) is 4. The van der Waals surface area contributed by atoms with Crippen LogP contribution in [0.2, 0.25) is 0 Å². The lowest BCUT2D eigenvalue weighted by Gasteiger charge is -2.39. The number of nitrogens with zero attached hydrogens (tertiary/aromatic N) is 4. The molecule has 1 aromatic rings. The van der Waals surface area contributed by atoms with Gasteiger partial charge in [0, 0.05) is 32.5 Å². The molecule has 23 heavy (non-hydrogen) atoms. The molecule has 0 atom stereocenters. The average molecular weight is 321 g/mol. The van der Waals surface area contributed by atoms with Gasteiger partial charge in [-0.3, -0.25) is 14.3 Å². The summed E-state index contributed by atoms with van der Waals surface area (Å²) in [6.45, 7) is 6.85. The molecule has 1 saturated heterocycles. The summed E-state index contributed by atoms with van der Waals surface area (Å²) in [5.74, 6) is -0.0568. The third kappa shape index (κ3) is 3.55. The fourth-order valence-corrected chi connectivity index (χ4v) is 3.21. The molecule has 1 N–H and O–H groups in total. The molecule has 0 unspecified atom stereocenters. The molecule has 0 aromatic carbocycles. The van der Waals surface area contributed by atoms with Gasteiger partial charge in [-0.2, -0.15) is 5.10 Å². The Morgan fingerprint density at radius 1 is 1.26 bits per heavy atom. The molecule has 0 bridgehead atoms. The van der Waals surface area contributed by atoms with Crippen LogP contribution in [0.5, 0.6) is 0 Å². The van der Waals surface area contributed by atoms with Crippen LogP contribution in [-0.2, 0) is 15.1 Å². The number of nitrogens with one attached hydrogen (secondary N) is 1. The van der Waals surface area contributed by atoms with Crippen LogP contribution in [-0.4, -0.2) is 71.2 Å². The monoisotopic (exact) mass is 321 g/mol. The topological polar surface area (TPSA) is 70.5 Å². The Kier molecular flexibility index (Phi) is 5.76. The molecular formula is C16H27N5O2. The second-order valence-electron chi connectivity index (χ2n) is 5.96. The maximum absolute atomic E-state index is 13.1. The summed E-state index contributed by atoms with van der Waals surface area (Å²) >= 11 is 0. The first-order chi connectivity index (χ1) is 11.0. The van der Waals surface area contributed by atoms with Crippen molar-refractivity contribution < 1.29 is 9.59 Å². The van der Waals surface area contributed by atoms with E-state index in [-0.39, 0.29) is 18.4 Å². The number of rotatable bonds is 6. The predicted molar refractivity (Wildman–Crippen MR) is 87.9 cm³/mol. The largest absolute Gasteiger partial charge is 0.342 e. The lowest BCUT2D eigenvalue weighted by molar-refractivity contribution is -0.146. The number of carbonyl (C=O) groups is 2. The van der Waals surface area contributed by atoms with Crippen molar-refractivity contribution in [2.24, 2.45) is 0 Å². The molecule has 128 valence electrons. The van der Waals surface area contributed by atoms with Gasteiger partial charge < -0.3 is 15.1 Å². The first-order valence-corrected chi connectivity index (χ1v) is 8.29. The fraction of sp³-hybridized carbons (Fsp3) is 0.688. The highest BCUT2D eigenvalue weighted by atomic mass is 16.2. The zero-order valence-electron chi connectivity index (χ0n) is 14.3. The van der Waals surface area contributed by atoms with Gasteiger partial charge in [-0.05, 0) is 45.8 Å². The summed E-state index contributed by atoms with van der Waals surface area (Å²) in [6, 6.07) is 1.83. The number of aromatic nitrogens is 2. The van der Waals surface area contributed by atoms with E-state index in [9.17, 15) is 9.59 Å². The van der Waals surface area contributed by atoms with Crippen molar-refractivity contribution in [1.29, 1.82) is 0 Å². The Morgan fingerprint density at radius 2 is 1.91 bits per heavy atom. The predicted octanol–water partition coefficient (Wildman–Crippen LogP) is 0.289. The highest BCUT2D eigenvalue weighted by molar-refractivity contribution is 5.89. The van der Waals surface area contributed by atoms with Gasteiger partial charge in [-0.1, -0.05) is 0 Å². The van der Waals surface area contributed by atoms with E-state index in [1.165, 1.54) is 0 Å². The highest BCUT2D eigenvalue weighted by Gasteiger charge is 2.44. The fourth-order valence-electron chi connectivity index (χ4n) is 3.21. The normalized spacial score (nSPS) is 16.8. The average Bonchev–Trinajstić information content (AvgIpc) is 3.11. The van der Waals surface area contributed by atoms with Gasteiger partial charge in [0.05, 0.1) is 6.54 Å². The van der Waals surface area contributed by atoms with Crippen molar-refractivity contribution in [2.75, 3.05) is 39.8 Å². The summed E-state index contributed by atoms with van der Waals surface area (Å²) in [5, 5.41) is 7.59. The van der Waals surface area contributed by atoms with Crippen LogP contribution in [0, 0.1) is 0 Å². The minimum Gasteiger partial charge on any atom is -0.342 e. The number of hydrogen-bond donors (Lipinski definition) is 1. The first kappa shape index (κ1) is 17.5. The first-order valence-electron chi connectivity index (χ1n) is 8.29. The van der Waals surface area contributed by atoms with Crippen molar-refractivity contribution in [2.45, 2.75) is 32.2 Å². The van der Waals surface area contributed by atoms with E-state index >= 15 is 0 Å². The molecule has 2 heterocycles. The van der Waals surface area contributed by atoms with E-state index in [0.29, 0.717) is 25.9 Å². The van der Waals surface area contributed by atoms with Crippen LogP contribution >= 0.6 is 0 Å². The van der Waals surface area contributed by atoms with E-state index in [1.807, 2.05) is 26.1 Å². The number of piperidine rings is 1. The maximum atomic E-state index is 13.1. The zero-order valence-corrected chi connectivity index (χ0v) is 14.3. The van der Waals surface area contributed by atoms with E-state index in [2.05, 4.69) is 10.4 Å². The van der Waals surface area contributed by atoms with Crippen molar-refractivity contribution in [3.63, 3.8) is 0 Å². The lowest BCUT2D eigenvalue weighted by Crippen LogP contribution is -2.56. The molecule has 0 spiro atoms. The lowest BCUT2D eigenvalue weighted by atomic mass is 9.87. The Morgan fingerprint density at radius 3 is 2.43 bits per heavy atom. The molecule has 0 aliphatic carbocycles. The van der Waals surface area contributed by atoms with Crippen LogP contribution in [0.25, 0.3) is 0 Å². The molecule has 1 aliphatic rings.